The van der Waals surface area contributed by atoms with Gasteiger partial charge in [-0.1, -0.05) is 34.8 Å². The number of carbonyl (C=O) groups excluding carboxylic acids is 1. The maximum Gasteiger partial charge on any atom is 0.277 e. The highest BCUT2D eigenvalue weighted by molar-refractivity contribution is 7.78. The van der Waals surface area contributed by atoms with Crippen LogP contribution in [0.4, 0.5) is 5.69 Å². The van der Waals surface area contributed by atoms with Crippen LogP contribution in [-0.4, -0.2) is 30.9 Å². The van der Waals surface area contributed by atoms with E-state index in [1.165, 1.54) is 23.0 Å². The monoisotopic (exact) mass is 382 g/mol. The van der Waals surface area contributed by atoms with E-state index in [4.69, 9.17) is 11.6 Å². The maximum absolute atomic E-state index is 12.7. The van der Waals surface area contributed by atoms with Crippen LogP contribution in [0.1, 0.15) is 28.4 Å². The molecule has 0 radical (unpaired) electrons. The van der Waals surface area contributed by atoms with E-state index in [2.05, 4.69) is 17.0 Å². The Morgan fingerprint density at radius 1 is 1.48 bits per heavy atom. The summed E-state index contributed by atoms with van der Waals surface area (Å²) in [7, 11) is 0. The first kappa shape index (κ1) is 19.2. The zero-order valence-electron chi connectivity index (χ0n) is 13.5. The van der Waals surface area contributed by atoms with E-state index in [1.54, 1.807) is 13.0 Å². The molecule has 0 bridgehead atoms. The molecule has 25 heavy (non-hydrogen) atoms. The van der Waals surface area contributed by atoms with Gasteiger partial charge in [-0.3, -0.25) is 18.5 Å². The number of H-pyrrole nitrogens is 1. The van der Waals surface area contributed by atoms with Crippen molar-refractivity contribution in [1.82, 2.24) is 9.78 Å². The van der Waals surface area contributed by atoms with Crippen LogP contribution in [0.25, 0.3) is 0 Å². The number of ketones is 1. The van der Waals surface area contributed by atoms with Gasteiger partial charge >= 0.3 is 0 Å². The van der Waals surface area contributed by atoms with Crippen LogP contribution >= 0.6 is 11.6 Å². The highest BCUT2D eigenvalue weighted by atomic mass is 35.5. The SMILES string of the molecule is C=CCNc1c(CS(=O)[O-])ccc(C(=O)c2c[nH]n(CC)c2=O)c1Cl. The average molecular weight is 383 g/mol. The Kier molecular flexibility index (Phi) is 6.35. The molecule has 9 heteroatoms. The van der Waals surface area contributed by atoms with Gasteiger partial charge in [0.05, 0.1) is 10.7 Å². The molecule has 0 saturated carbocycles. The third-order valence-electron chi connectivity index (χ3n) is 3.57. The normalized spacial score (nSPS) is 12.0. The number of aromatic nitrogens is 2. The summed E-state index contributed by atoms with van der Waals surface area (Å²) in [4.78, 5) is 24.8. The van der Waals surface area contributed by atoms with Gasteiger partial charge in [0.2, 0.25) is 5.78 Å². The molecule has 134 valence electrons. The van der Waals surface area contributed by atoms with Gasteiger partial charge in [0.25, 0.3) is 5.56 Å². The summed E-state index contributed by atoms with van der Waals surface area (Å²) in [5, 5.41) is 5.73. The zero-order valence-corrected chi connectivity index (χ0v) is 15.1. The van der Waals surface area contributed by atoms with Crippen LogP contribution in [-0.2, 0) is 23.4 Å². The lowest BCUT2D eigenvalue weighted by Gasteiger charge is -2.16. The van der Waals surface area contributed by atoms with Crippen molar-refractivity contribution in [2.75, 3.05) is 11.9 Å². The first-order chi connectivity index (χ1) is 11.9. The maximum atomic E-state index is 12.7. The second-order valence-electron chi connectivity index (χ2n) is 5.14. The van der Waals surface area contributed by atoms with Crippen LogP contribution in [0.15, 0.2) is 35.8 Å². The Hall–Kier alpha value is -2.16. The summed E-state index contributed by atoms with van der Waals surface area (Å²) >= 11 is 4.02. The number of nitrogens with zero attached hydrogens (tertiary/aromatic N) is 1. The number of rotatable bonds is 8. The lowest BCUT2D eigenvalue weighted by Crippen LogP contribution is -2.21. The molecule has 0 aliphatic carbocycles. The molecule has 1 atom stereocenters. The van der Waals surface area contributed by atoms with Crippen LogP contribution in [0.5, 0.6) is 0 Å². The van der Waals surface area contributed by atoms with E-state index in [0.29, 0.717) is 24.3 Å². The van der Waals surface area contributed by atoms with Crippen molar-refractivity contribution in [3.8, 4) is 0 Å². The van der Waals surface area contributed by atoms with Crippen molar-refractivity contribution < 1.29 is 13.6 Å². The van der Waals surface area contributed by atoms with E-state index in [9.17, 15) is 18.4 Å². The molecule has 0 saturated heterocycles. The lowest BCUT2D eigenvalue weighted by molar-refractivity contribution is 0.103. The summed E-state index contributed by atoms with van der Waals surface area (Å²) in [5.74, 6) is -0.782. The largest absolute Gasteiger partial charge is 0.772 e. The molecule has 1 aromatic heterocycles. The van der Waals surface area contributed by atoms with E-state index in [0.717, 1.165) is 0 Å². The van der Waals surface area contributed by atoms with Crippen LogP contribution in [0.2, 0.25) is 5.02 Å². The van der Waals surface area contributed by atoms with Crippen molar-refractivity contribution in [2.24, 2.45) is 0 Å². The molecule has 2 aromatic rings. The van der Waals surface area contributed by atoms with Crippen molar-refractivity contribution >= 4 is 34.2 Å². The molecule has 0 fully saturated rings. The second-order valence-corrected chi connectivity index (χ2v) is 6.42. The van der Waals surface area contributed by atoms with E-state index in [-0.39, 0.29) is 21.9 Å². The number of aryl methyl sites for hydroxylation is 1. The van der Waals surface area contributed by atoms with Crippen molar-refractivity contribution in [3.63, 3.8) is 0 Å². The Bertz CT molecular complexity index is 888. The predicted molar refractivity (Wildman–Crippen MR) is 96.9 cm³/mol. The minimum atomic E-state index is -2.31. The molecule has 1 heterocycles. The standard InChI is InChI=1S/C16H18ClN3O4S/c1-3-7-18-14-10(9-25(23)24)5-6-11(13(14)17)15(21)12-8-19-20(4-2)16(12)22/h3,5-6,8,18-19H,1,4,7,9H2,2H3,(H,23,24)/p-1. The molecular formula is C16H17ClN3O4S-. The third-order valence-corrected chi connectivity index (χ3v) is 4.51. The topological polar surface area (TPSA) is 107 Å². The fraction of sp³-hybridized carbons (Fsp3) is 0.250. The van der Waals surface area contributed by atoms with Gasteiger partial charge in [0, 0.05) is 30.6 Å². The highest BCUT2D eigenvalue weighted by Gasteiger charge is 2.21. The summed E-state index contributed by atoms with van der Waals surface area (Å²) in [6.45, 7) is 6.09. The van der Waals surface area contributed by atoms with Gasteiger partial charge in [-0.25, -0.2) is 0 Å². The summed E-state index contributed by atoms with van der Waals surface area (Å²) in [6.07, 6.45) is 2.91. The number of anilines is 1. The summed E-state index contributed by atoms with van der Waals surface area (Å²) in [6, 6.07) is 2.93. The first-order valence-corrected chi connectivity index (χ1v) is 9.07. The van der Waals surface area contributed by atoms with E-state index < -0.39 is 22.4 Å². The Balaban J connectivity index is 2.52. The van der Waals surface area contributed by atoms with Crippen LogP contribution < -0.4 is 10.9 Å². The van der Waals surface area contributed by atoms with Gasteiger partial charge in [0.1, 0.15) is 5.56 Å². The number of hydrogen-bond acceptors (Lipinski definition) is 5. The molecular weight excluding hydrogens is 366 g/mol. The Morgan fingerprint density at radius 3 is 2.76 bits per heavy atom. The molecule has 2 rings (SSSR count). The Morgan fingerprint density at radius 2 is 2.20 bits per heavy atom. The summed E-state index contributed by atoms with van der Waals surface area (Å²) < 4.78 is 23.3. The molecule has 7 nitrogen and oxygen atoms in total. The fourth-order valence-corrected chi connectivity index (χ4v) is 3.19. The number of nitrogens with one attached hydrogen (secondary N) is 2. The highest BCUT2D eigenvalue weighted by Crippen LogP contribution is 2.32. The second kappa shape index (κ2) is 8.28. The number of hydrogen-bond donors (Lipinski definition) is 2. The van der Waals surface area contributed by atoms with Crippen LogP contribution in [0, 0.1) is 0 Å². The molecule has 0 spiro atoms. The minimum absolute atomic E-state index is 0.0291. The van der Waals surface area contributed by atoms with Gasteiger partial charge in [-0.05, 0) is 18.6 Å². The smallest absolute Gasteiger partial charge is 0.277 e. The lowest BCUT2D eigenvalue weighted by atomic mass is 10.0. The zero-order chi connectivity index (χ0) is 18.6. The van der Waals surface area contributed by atoms with E-state index in [1.807, 2.05) is 0 Å². The fourth-order valence-electron chi connectivity index (χ4n) is 2.35. The number of carbonyl (C=O) groups is 1. The molecule has 0 aliphatic heterocycles. The summed E-state index contributed by atoms with van der Waals surface area (Å²) in [5.41, 5.74) is 0.417. The first-order valence-electron chi connectivity index (χ1n) is 7.45. The van der Waals surface area contributed by atoms with Crippen LogP contribution in [0.3, 0.4) is 0 Å². The molecule has 2 N–H and O–H groups in total. The molecule has 0 amide bonds. The third kappa shape index (κ3) is 4.09. The van der Waals surface area contributed by atoms with Crippen molar-refractivity contribution in [2.45, 2.75) is 19.2 Å². The number of halogens is 1. The predicted octanol–water partition coefficient (Wildman–Crippen LogP) is 2.06. The van der Waals surface area contributed by atoms with Gasteiger partial charge in [-0.2, -0.15) is 0 Å². The Labute approximate surface area is 152 Å². The molecule has 0 aliphatic rings. The molecule has 1 aromatic carbocycles. The van der Waals surface area contributed by atoms with Crippen molar-refractivity contribution in [3.05, 3.63) is 63.1 Å². The van der Waals surface area contributed by atoms with E-state index >= 15 is 0 Å². The minimum Gasteiger partial charge on any atom is -0.772 e. The van der Waals surface area contributed by atoms with Gasteiger partial charge in [0.15, 0.2) is 0 Å². The number of benzene rings is 1. The van der Waals surface area contributed by atoms with Gasteiger partial charge in [-0.15, -0.1) is 6.58 Å². The molecule has 1 unspecified atom stereocenters. The average Bonchev–Trinajstić information content (AvgIpc) is 2.94. The quantitative estimate of drug-likeness (QED) is 0.413. The van der Waals surface area contributed by atoms with Gasteiger partial charge < -0.3 is 15.0 Å². The number of aromatic amines is 1. The van der Waals surface area contributed by atoms with Crippen molar-refractivity contribution in [1.29, 1.82) is 0 Å².